The number of allylic oxidation sites excluding steroid dienone is 1. The smallest absolute Gasteiger partial charge is 0.0247 e. The molecule has 0 unspecified atom stereocenters. The van der Waals surface area contributed by atoms with Crippen LogP contribution in [0.25, 0.3) is 0 Å². The van der Waals surface area contributed by atoms with Crippen molar-refractivity contribution in [3.8, 4) is 0 Å². The quantitative estimate of drug-likeness (QED) is 0.490. The van der Waals surface area contributed by atoms with E-state index in [1.165, 1.54) is 24.8 Å². The Morgan fingerprint density at radius 1 is 1.62 bits per heavy atom. The summed E-state index contributed by atoms with van der Waals surface area (Å²) in [6.45, 7) is 7.81. The molecule has 0 atom stereocenters. The SMILES string of the molecule is C=C=C(C)CCCC. The molecule has 0 fully saturated rings. The van der Waals surface area contributed by atoms with E-state index in [4.69, 9.17) is 0 Å². The fraction of sp³-hybridized carbons (Fsp3) is 0.625. The maximum Gasteiger partial charge on any atom is -0.0247 e. The highest BCUT2D eigenvalue weighted by Crippen LogP contribution is 2.02. The van der Waals surface area contributed by atoms with Crippen LogP contribution in [0.3, 0.4) is 0 Å². The average molecular weight is 110 g/mol. The van der Waals surface area contributed by atoms with Gasteiger partial charge in [0.2, 0.25) is 0 Å². The normalized spacial score (nSPS) is 8.25. The van der Waals surface area contributed by atoms with Gasteiger partial charge in [-0.2, -0.15) is 0 Å². The third-order valence-corrected chi connectivity index (χ3v) is 1.21. The summed E-state index contributed by atoms with van der Waals surface area (Å²) in [7, 11) is 0. The zero-order valence-electron chi connectivity index (χ0n) is 5.83. The standard InChI is InChI=1S/C8H14/c1-4-6-7-8(3)5-2/h2,4,6-7H2,1,3H3. The summed E-state index contributed by atoms with van der Waals surface area (Å²) in [4.78, 5) is 0. The second kappa shape index (κ2) is 4.67. The molecule has 0 N–H and O–H groups in total. The van der Waals surface area contributed by atoms with E-state index in [1.54, 1.807) is 0 Å². The van der Waals surface area contributed by atoms with Gasteiger partial charge in [-0.05, 0) is 25.3 Å². The minimum absolute atomic E-state index is 1.17. The van der Waals surface area contributed by atoms with Crippen LogP contribution in [-0.4, -0.2) is 0 Å². The number of hydrogen-bond donors (Lipinski definition) is 0. The first kappa shape index (κ1) is 7.52. The van der Waals surface area contributed by atoms with Gasteiger partial charge >= 0.3 is 0 Å². The molecule has 0 saturated carbocycles. The van der Waals surface area contributed by atoms with Crippen molar-refractivity contribution in [2.75, 3.05) is 0 Å². The zero-order chi connectivity index (χ0) is 6.41. The molecule has 0 heterocycles. The molecular weight excluding hydrogens is 96.1 g/mol. The first-order valence-electron chi connectivity index (χ1n) is 3.16. The van der Waals surface area contributed by atoms with Gasteiger partial charge in [-0.25, -0.2) is 0 Å². The highest BCUT2D eigenvalue weighted by Gasteiger charge is 1.83. The molecule has 8 heavy (non-hydrogen) atoms. The molecule has 0 radical (unpaired) electrons. The topological polar surface area (TPSA) is 0 Å². The van der Waals surface area contributed by atoms with E-state index in [-0.39, 0.29) is 0 Å². The summed E-state index contributed by atoms with van der Waals surface area (Å²) >= 11 is 0. The van der Waals surface area contributed by atoms with E-state index in [0.29, 0.717) is 0 Å². The molecule has 0 rings (SSSR count). The van der Waals surface area contributed by atoms with E-state index in [1.807, 2.05) is 0 Å². The van der Waals surface area contributed by atoms with Crippen LogP contribution in [0.2, 0.25) is 0 Å². The van der Waals surface area contributed by atoms with Gasteiger partial charge in [0.15, 0.2) is 0 Å². The third-order valence-electron chi connectivity index (χ3n) is 1.21. The monoisotopic (exact) mass is 110 g/mol. The van der Waals surface area contributed by atoms with Crippen molar-refractivity contribution in [2.24, 2.45) is 0 Å². The van der Waals surface area contributed by atoms with Crippen LogP contribution in [0.5, 0.6) is 0 Å². The molecule has 0 heteroatoms. The van der Waals surface area contributed by atoms with Crippen molar-refractivity contribution >= 4 is 0 Å². The Hall–Kier alpha value is -0.480. The molecule has 0 aliphatic heterocycles. The molecule has 0 amide bonds. The highest BCUT2D eigenvalue weighted by molar-refractivity contribution is 4.93. The summed E-state index contributed by atoms with van der Waals surface area (Å²) in [5, 5.41) is 0. The van der Waals surface area contributed by atoms with Gasteiger partial charge in [0, 0.05) is 0 Å². The fourth-order valence-corrected chi connectivity index (χ4v) is 0.530. The highest BCUT2D eigenvalue weighted by atomic mass is 13.9. The fourth-order valence-electron chi connectivity index (χ4n) is 0.530. The number of rotatable bonds is 3. The second-order valence-electron chi connectivity index (χ2n) is 2.06. The maximum atomic E-state index is 3.55. The molecule has 0 spiro atoms. The molecule has 0 saturated heterocycles. The minimum atomic E-state index is 1.17. The van der Waals surface area contributed by atoms with Crippen molar-refractivity contribution in [1.82, 2.24) is 0 Å². The Balaban J connectivity index is 3.26. The average Bonchev–Trinajstić information content (AvgIpc) is 1.83. The van der Waals surface area contributed by atoms with Crippen LogP contribution < -0.4 is 0 Å². The van der Waals surface area contributed by atoms with Gasteiger partial charge in [0.1, 0.15) is 0 Å². The molecule has 0 aromatic carbocycles. The Bertz CT molecular complexity index is 94.6. The number of unbranched alkanes of at least 4 members (excludes halogenated alkanes) is 1. The molecule has 0 bridgehead atoms. The van der Waals surface area contributed by atoms with Crippen molar-refractivity contribution in [3.63, 3.8) is 0 Å². The molecule has 46 valence electrons. The van der Waals surface area contributed by atoms with E-state index in [0.717, 1.165) is 0 Å². The van der Waals surface area contributed by atoms with Crippen molar-refractivity contribution < 1.29 is 0 Å². The Labute approximate surface area is 51.9 Å². The zero-order valence-corrected chi connectivity index (χ0v) is 5.83. The first-order chi connectivity index (χ1) is 3.81. The lowest BCUT2D eigenvalue weighted by molar-refractivity contribution is 0.788. The van der Waals surface area contributed by atoms with E-state index < -0.39 is 0 Å². The predicted molar refractivity (Wildman–Crippen MR) is 37.9 cm³/mol. The maximum absolute atomic E-state index is 3.55. The first-order valence-corrected chi connectivity index (χ1v) is 3.16. The van der Waals surface area contributed by atoms with Gasteiger partial charge in [0.25, 0.3) is 0 Å². The van der Waals surface area contributed by atoms with Crippen molar-refractivity contribution in [2.45, 2.75) is 33.1 Å². The lowest BCUT2D eigenvalue weighted by Crippen LogP contribution is -1.72. The second-order valence-corrected chi connectivity index (χ2v) is 2.06. The largest absolute Gasteiger partial charge is 0.130 e. The summed E-state index contributed by atoms with van der Waals surface area (Å²) in [6, 6.07) is 0. The van der Waals surface area contributed by atoms with Crippen LogP contribution in [0, 0.1) is 0 Å². The lowest BCUT2D eigenvalue weighted by Gasteiger charge is -1.91. The van der Waals surface area contributed by atoms with Gasteiger partial charge in [0.05, 0.1) is 0 Å². The Kier molecular flexibility index (Phi) is 4.39. The third kappa shape index (κ3) is 3.70. The predicted octanol–water partition coefficient (Wildman–Crippen LogP) is 2.91. The van der Waals surface area contributed by atoms with Crippen LogP contribution >= 0.6 is 0 Å². The molecule has 0 aliphatic carbocycles. The summed E-state index contributed by atoms with van der Waals surface area (Å²) < 4.78 is 0. The molecule has 0 aromatic rings. The van der Waals surface area contributed by atoms with Gasteiger partial charge in [-0.3, -0.25) is 0 Å². The lowest BCUT2D eigenvalue weighted by atomic mass is 10.1. The van der Waals surface area contributed by atoms with E-state index in [9.17, 15) is 0 Å². The minimum Gasteiger partial charge on any atom is -0.130 e. The Morgan fingerprint density at radius 3 is 2.62 bits per heavy atom. The van der Waals surface area contributed by atoms with Gasteiger partial charge in [-0.1, -0.05) is 19.9 Å². The van der Waals surface area contributed by atoms with Crippen molar-refractivity contribution in [1.29, 1.82) is 0 Å². The summed E-state index contributed by atoms with van der Waals surface area (Å²) in [6.07, 6.45) is 3.70. The molecule has 0 aromatic heterocycles. The van der Waals surface area contributed by atoms with Gasteiger partial charge < -0.3 is 0 Å². The summed E-state index contributed by atoms with van der Waals surface area (Å²) in [5.41, 5.74) is 4.15. The van der Waals surface area contributed by atoms with Crippen LogP contribution in [0.1, 0.15) is 33.1 Å². The van der Waals surface area contributed by atoms with Crippen LogP contribution in [0.4, 0.5) is 0 Å². The molecule has 0 aliphatic rings. The molecule has 0 nitrogen and oxygen atoms in total. The summed E-state index contributed by atoms with van der Waals surface area (Å²) in [5.74, 6) is 0. The van der Waals surface area contributed by atoms with E-state index >= 15 is 0 Å². The van der Waals surface area contributed by atoms with Gasteiger partial charge in [-0.15, -0.1) is 5.73 Å². The number of hydrogen-bond acceptors (Lipinski definition) is 0. The van der Waals surface area contributed by atoms with Crippen molar-refractivity contribution in [3.05, 3.63) is 17.9 Å². The van der Waals surface area contributed by atoms with Crippen LogP contribution in [-0.2, 0) is 0 Å². The van der Waals surface area contributed by atoms with E-state index in [2.05, 4.69) is 26.2 Å². The molecular formula is C8H14. The van der Waals surface area contributed by atoms with Crippen LogP contribution in [0.15, 0.2) is 17.9 Å². The Morgan fingerprint density at radius 2 is 2.25 bits per heavy atom.